The van der Waals surface area contributed by atoms with Crippen LogP contribution in [-0.2, 0) is 9.63 Å². The van der Waals surface area contributed by atoms with Crippen molar-refractivity contribution in [3.63, 3.8) is 0 Å². The van der Waals surface area contributed by atoms with E-state index in [4.69, 9.17) is 28.0 Å². The minimum Gasteiger partial charge on any atom is -0.382 e. The first-order valence-electron chi connectivity index (χ1n) is 5.96. The second-order valence-corrected chi connectivity index (χ2v) is 5.44. The lowest BCUT2D eigenvalue weighted by Gasteiger charge is -2.11. The van der Waals surface area contributed by atoms with Crippen molar-refractivity contribution < 1.29 is 9.63 Å². The monoisotopic (exact) mass is 300 g/mol. The van der Waals surface area contributed by atoms with Crippen LogP contribution >= 0.6 is 23.2 Å². The third kappa shape index (κ3) is 3.39. The summed E-state index contributed by atoms with van der Waals surface area (Å²) in [4.78, 5) is 16.9. The lowest BCUT2D eigenvalue weighted by atomic mass is 10.0. The molecule has 0 fully saturated rings. The van der Waals surface area contributed by atoms with Gasteiger partial charge in [-0.25, -0.2) is 0 Å². The van der Waals surface area contributed by atoms with Gasteiger partial charge in [-0.05, 0) is 26.0 Å². The topological polar surface area (TPSA) is 50.7 Å². The van der Waals surface area contributed by atoms with Gasteiger partial charge in [0.25, 0.3) is 5.91 Å². The summed E-state index contributed by atoms with van der Waals surface area (Å²) < 4.78 is 0. The van der Waals surface area contributed by atoms with Gasteiger partial charge in [0.2, 0.25) is 6.10 Å². The number of benzene rings is 1. The number of halogens is 2. The summed E-state index contributed by atoms with van der Waals surface area (Å²) >= 11 is 11.8. The second-order valence-electron chi connectivity index (χ2n) is 4.63. The third-order valence-electron chi connectivity index (χ3n) is 2.65. The first-order chi connectivity index (χ1) is 8.97. The van der Waals surface area contributed by atoms with Gasteiger partial charge in [-0.3, -0.25) is 4.79 Å². The molecule has 0 bridgehead atoms. The fourth-order valence-electron chi connectivity index (χ4n) is 1.74. The Bertz CT molecular complexity index is 529. The molecule has 0 aliphatic carbocycles. The molecule has 19 heavy (non-hydrogen) atoms. The van der Waals surface area contributed by atoms with Gasteiger partial charge < -0.3 is 10.2 Å². The van der Waals surface area contributed by atoms with E-state index in [0.717, 1.165) is 5.56 Å². The molecule has 0 spiro atoms. The van der Waals surface area contributed by atoms with E-state index < -0.39 is 6.10 Å². The van der Waals surface area contributed by atoms with E-state index in [0.29, 0.717) is 22.2 Å². The molecule has 1 atom stereocenters. The standard InChI is InChI=1S/C13H14Cl2N2O2/c1-7(2)16-13(18)12-6-11(17-19-12)8-3-4-9(14)10(15)5-8/h3-5,7,12H,6H2,1-2H3,(H,16,18)/t12-/m1/s1. The predicted molar refractivity (Wildman–Crippen MR) is 75.8 cm³/mol. The number of hydrogen-bond donors (Lipinski definition) is 1. The highest BCUT2D eigenvalue weighted by Crippen LogP contribution is 2.25. The fraction of sp³-hybridized carbons (Fsp3) is 0.385. The molecule has 1 aliphatic rings. The van der Waals surface area contributed by atoms with Crippen LogP contribution < -0.4 is 5.32 Å². The number of carbonyl (C=O) groups is 1. The van der Waals surface area contributed by atoms with Gasteiger partial charge in [-0.15, -0.1) is 0 Å². The number of nitrogens with one attached hydrogen (secondary N) is 1. The minimum absolute atomic E-state index is 0.0742. The van der Waals surface area contributed by atoms with Gasteiger partial charge in [0.1, 0.15) is 0 Å². The molecule has 1 N–H and O–H groups in total. The summed E-state index contributed by atoms with van der Waals surface area (Å²) in [5, 5.41) is 7.67. The molecule has 6 heteroatoms. The van der Waals surface area contributed by atoms with Crippen molar-refractivity contribution in [3.05, 3.63) is 33.8 Å². The van der Waals surface area contributed by atoms with Crippen LogP contribution in [0.3, 0.4) is 0 Å². The lowest BCUT2D eigenvalue weighted by molar-refractivity contribution is -0.131. The van der Waals surface area contributed by atoms with E-state index in [2.05, 4.69) is 10.5 Å². The minimum atomic E-state index is -0.577. The summed E-state index contributed by atoms with van der Waals surface area (Å²) in [6.45, 7) is 3.79. The van der Waals surface area contributed by atoms with Crippen LogP contribution in [0.1, 0.15) is 25.8 Å². The quantitative estimate of drug-likeness (QED) is 0.933. The predicted octanol–water partition coefficient (Wildman–Crippen LogP) is 3.01. The highest BCUT2D eigenvalue weighted by atomic mass is 35.5. The zero-order valence-corrected chi connectivity index (χ0v) is 12.1. The first-order valence-corrected chi connectivity index (χ1v) is 6.71. The molecule has 1 amide bonds. The fourth-order valence-corrected chi connectivity index (χ4v) is 2.04. The van der Waals surface area contributed by atoms with Crippen molar-refractivity contribution in [2.24, 2.45) is 5.16 Å². The maximum Gasteiger partial charge on any atom is 0.264 e. The van der Waals surface area contributed by atoms with Gasteiger partial charge in [-0.2, -0.15) is 0 Å². The van der Waals surface area contributed by atoms with Crippen LogP contribution in [0, 0.1) is 0 Å². The van der Waals surface area contributed by atoms with Crippen LogP contribution in [0.25, 0.3) is 0 Å². The highest BCUT2D eigenvalue weighted by molar-refractivity contribution is 6.42. The Balaban J connectivity index is 2.05. The van der Waals surface area contributed by atoms with Gasteiger partial charge in [-0.1, -0.05) is 34.4 Å². The Morgan fingerprint density at radius 3 is 2.79 bits per heavy atom. The Morgan fingerprint density at radius 2 is 2.16 bits per heavy atom. The van der Waals surface area contributed by atoms with Gasteiger partial charge in [0.05, 0.1) is 15.8 Å². The van der Waals surface area contributed by atoms with Crippen LogP contribution in [0.15, 0.2) is 23.4 Å². The number of rotatable bonds is 3. The zero-order valence-electron chi connectivity index (χ0n) is 10.6. The summed E-state index contributed by atoms with van der Waals surface area (Å²) in [6.07, 6.45) is -0.150. The van der Waals surface area contributed by atoms with E-state index in [1.54, 1.807) is 18.2 Å². The molecule has 0 saturated heterocycles. The van der Waals surface area contributed by atoms with Crippen LogP contribution in [0.2, 0.25) is 10.0 Å². The van der Waals surface area contributed by atoms with E-state index in [1.165, 1.54) is 0 Å². The number of oxime groups is 1. The average molecular weight is 301 g/mol. The number of hydrogen-bond acceptors (Lipinski definition) is 3. The van der Waals surface area contributed by atoms with Gasteiger partial charge in [0, 0.05) is 18.0 Å². The van der Waals surface area contributed by atoms with E-state index >= 15 is 0 Å². The number of nitrogens with zero attached hydrogens (tertiary/aromatic N) is 1. The molecule has 1 aromatic carbocycles. The summed E-state index contributed by atoms with van der Waals surface area (Å²) in [6, 6.07) is 5.29. The average Bonchev–Trinajstić information content (AvgIpc) is 2.81. The van der Waals surface area contributed by atoms with E-state index in [9.17, 15) is 4.79 Å². The smallest absolute Gasteiger partial charge is 0.264 e. The molecule has 1 aromatic rings. The van der Waals surface area contributed by atoms with Gasteiger partial charge in [0.15, 0.2) is 0 Å². The Labute approximate surface area is 121 Å². The van der Waals surface area contributed by atoms with Crippen molar-refractivity contribution in [1.82, 2.24) is 5.32 Å². The summed E-state index contributed by atoms with van der Waals surface area (Å²) in [5.41, 5.74) is 1.51. The Kier molecular flexibility index (Phi) is 4.32. The van der Waals surface area contributed by atoms with Crippen molar-refractivity contribution in [3.8, 4) is 0 Å². The van der Waals surface area contributed by atoms with E-state index in [1.807, 2.05) is 13.8 Å². The Morgan fingerprint density at radius 1 is 1.42 bits per heavy atom. The van der Waals surface area contributed by atoms with Crippen molar-refractivity contribution >= 4 is 34.8 Å². The molecule has 102 valence electrons. The zero-order chi connectivity index (χ0) is 14.0. The highest BCUT2D eigenvalue weighted by Gasteiger charge is 2.29. The SMILES string of the molecule is CC(C)NC(=O)[C@H]1CC(c2ccc(Cl)c(Cl)c2)=NO1. The van der Waals surface area contributed by atoms with E-state index in [-0.39, 0.29) is 11.9 Å². The molecule has 0 radical (unpaired) electrons. The molecule has 0 aromatic heterocycles. The molecule has 1 aliphatic heterocycles. The molecule has 0 saturated carbocycles. The Hall–Kier alpha value is -1.26. The van der Waals surface area contributed by atoms with Crippen molar-refractivity contribution in [2.75, 3.05) is 0 Å². The number of amides is 1. The molecule has 4 nitrogen and oxygen atoms in total. The molecule has 0 unspecified atom stereocenters. The number of carbonyl (C=O) groups excluding carboxylic acids is 1. The normalized spacial score (nSPS) is 18.2. The first kappa shape index (κ1) is 14.2. The molecular weight excluding hydrogens is 287 g/mol. The van der Waals surface area contributed by atoms with Crippen LogP contribution in [0.5, 0.6) is 0 Å². The maximum atomic E-state index is 11.8. The lowest BCUT2D eigenvalue weighted by Crippen LogP contribution is -2.38. The molecule has 2 rings (SSSR count). The largest absolute Gasteiger partial charge is 0.382 e. The third-order valence-corrected chi connectivity index (χ3v) is 3.38. The maximum absolute atomic E-state index is 11.8. The van der Waals surface area contributed by atoms with Crippen molar-refractivity contribution in [1.29, 1.82) is 0 Å². The van der Waals surface area contributed by atoms with Crippen molar-refractivity contribution in [2.45, 2.75) is 32.4 Å². The second kappa shape index (κ2) is 5.80. The van der Waals surface area contributed by atoms with Gasteiger partial charge >= 0.3 is 0 Å². The molecule has 1 heterocycles. The summed E-state index contributed by atoms with van der Waals surface area (Å²) in [7, 11) is 0. The van der Waals surface area contributed by atoms with Crippen LogP contribution in [-0.4, -0.2) is 23.8 Å². The van der Waals surface area contributed by atoms with Crippen LogP contribution in [0.4, 0.5) is 0 Å². The molecular formula is C13H14Cl2N2O2. The summed E-state index contributed by atoms with van der Waals surface area (Å²) in [5.74, 6) is -0.159.